The third kappa shape index (κ3) is 2.86. The molecule has 0 N–H and O–H groups in total. The standard InChI is InChI=1S/C19H15F6NOS/c1-17-7-4-8-26(17)14-11-6-3-2-5-10(11)12(15(27)18(20,21)22)9-13(14)16(28-17)19(23,24)25/h2-3,5-6,9,16H,4,7-8H2,1H3. The lowest BCUT2D eigenvalue weighted by Gasteiger charge is -2.46. The van der Waals surface area contributed by atoms with Crippen molar-refractivity contribution in [3.8, 4) is 0 Å². The van der Waals surface area contributed by atoms with Crippen molar-refractivity contribution in [2.45, 2.75) is 42.2 Å². The Bertz CT molecular complexity index is 969. The van der Waals surface area contributed by atoms with E-state index >= 15 is 0 Å². The van der Waals surface area contributed by atoms with Gasteiger partial charge in [0.15, 0.2) is 0 Å². The van der Waals surface area contributed by atoms with Gasteiger partial charge < -0.3 is 4.90 Å². The Kier molecular flexibility index (Phi) is 4.19. The van der Waals surface area contributed by atoms with Gasteiger partial charge in [0.2, 0.25) is 0 Å². The molecule has 1 saturated heterocycles. The van der Waals surface area contributed by atoms with Crippen LogP contribution in [0.4, 0.5) is 32.0 Å². The first-order chi connectivity index (χ1) is 12.9. The Labute approximate surface area is 160 Å². The lowest BCUT2D eigenvalue weighted by atomic mass is 9.92. The van der Waals surface area contributed by atoms with Gasteiger partial charge in [0.05, 0.1) is 10.6 Å². The highest BCUT2D eigenvalue weighted by molar-refractivity contribution is 8.01. The highest BCUT2D eigenvalue weighted by Gasteiger charge is 2.54. The molecule has 2 aromatic rings. The van der Waals surface area contributed by atoms with E-state index in [0.29, 0.717) is 31.1 Å². The topological polar surface area (TPSA) is 20.3 Å². The van der Waals surface area contributed by atoms with Gasteiger partial charge in [-0.1, -0.05) is 24.3 Å². The summed E-state index contributed by atoms with van der Waals surface area (Å²) in [7, 11) is 0. The molecule has 2 nitrogen and oxygen atoms in total. The van der Waals surface area contributed by atoms with Crippen molar-refractivity contribution in [2.75, 3.05) is 11.4 Å². The summed E-state index contributed by atoms with van der Waals surface area (Å²) in [6.45, 7) is 2.24. The molecule has 2 aromatic carbocycles. The van der Waals surface area contributed by atoms with Crippen molar-refractivity contribution >= 4 is 34.0 Å². The Morgan fingerprint density at radius 2 is 1.79 bits per heavy atom. The minimum Gasteiger partial charge on any atom is -0.356 e. The maximum atomic E-state index is 13.9. The number of fused-ring (bicyclic) bond motifs is 5. The molecule has 0 radical (unpaired) electrons. The fourth-order valence-electron chi connectivity index (χ4n) is 4.19. The summed E-state index contributed by atoms with van der Waals surface area (Å²) in [5, 5.41) is -1.73. The van der Waals surface area contributed by atoms with Crippen molar-refractivity contribution in [2.24, 2.45) is 0 Å². The van der Waals surface area contributed by atoms with E-state index in [4.69, 9.17) is 0 Å². The fourth-order valence-corrected chi connectivity index (χ4v) is 5.71. The monoisotopic (exact) mass is 419 g/mol. The Balaban J connectivity index is 2.08. The molecule has 2 atom stereocenters. The number of anilines is 1. The average molecular weight is 419 g/mol. The van der Waals surface area contributed by atoms with Crippen LogP contribution in [0.25, 0.3) is 10.8 Å². The molecule has 2 unspecified atom stereocenters. The van der Waals surface area contributed by atoms with Crippen LogP contribution in [0, 0.1) is 0 Å². The van der Waals surface area contributed by atoms with Gasteiger partial charge in [-0.2, -0.15) is 26.3 Å². The van der Waals surface area contributed by atoms with E-state index in [2.05, 4.69) is 0 Å². The van der Waals surface area contributed by atoms with Crippen molar-refractivity contribution in [1.82, 2.24) is 0 Å². The third-order valence-corrected chi connectivity index (χ3v) is 7.05. The second-order valence-electron chi connectivity index (χ2n) is 7.20. The molecular weight excluding hydrogens is 404 g/mol. The Morgan fingerprint density at radius 3 is 2.39 bits per heavy atom. The molecular formula is C19H15F6NOS. The van der Waals surface area contributed by atoms with Crippen LogP contribution in [-0.4, -0.2) is 29.6 Å². The molecule has 2 aliphatic rings. The van der Waals surface area contributed by atoms with E-state index in [1.54, 1.807) is 13.0 Å². The summed E-state index contributed by atoms with van der Waals surface area (Å²) in [5.74, 6) is -2.13. The normalized spacial score (nSPS) is 25.0. The summed E-state index contributed by atoms with van der Waals surface area (Å²) in [6, 6.07) is 6.68. The molecule has 2 aliphatic heterocycles. The highest BCUT2D eigenvalue weighted by atomic mass is 32.2. The third-order valence-electron chi connectivity index (χ3n) is 5.36. The van der Waals surface area contributed by atoms with E-state index in [1.807, 2.05) is 4.90 Å². The zero-order valence-electron chi connectivity index (χ0n) is 14.6. The van der Waals surface area contributed by atoms with Gasteiger partial charge in [0.25, 0.3) is 5.78 Å². The number of benzene rings is 2. The number of carbonyl (C=O) groups excluding carboxylic acids is 1. The molecule has 9 heteroatoms. The number of alkyl halides is 6. The summed E-state index contributed by atoms with van der Waals surface area (Å²) >= 11 is 0.699. The van der Waals surface area contributed by atoms with Crippen molar-refractivity contribution in [3.63, 3.8) is 0 Å². The predicted octanol–water partition coefficient (Wildman–Crippen LogP) is 6.25. The van der Waals surface area contributed by atoms with Crippen LogP contribution in [-0.2, 0) is 0 Å². The summed E-state index contributed by atoms with van der Waals surface area (Å²) in [5.41, 5.74) is -0.724. The zero-order valence-corrected chi connectivity index (χ0v) is 15.4. The van der Waals surface area contributed by atoms with Crippen LogP contribution < -0.4 is 4.90 Å². The molecule has 1 fully saturated rings. The molecule has 0 amide bonds. The van der Waals surface area contributed by atoms with Gasteiger partial charge in [-0.3, -0.25) is 4.79 Å². The second-order valence-corrected chi connectivity index (χ2v) is 8.79. The SMILES string of the molecule is CC12CCCN1c1c(cc(C(=O)C(F)(F)F)c3ccccc13)C(C(F)(F)F)S2. The Morgan fingerprint density at radius 1 is 1.14 bits per heavy atom. The van der Waals surface area contributed by atoms with E-state index < -0.39 is 33.8 Å². The van der Waals surface area contributed by atoms with Crippen LogP contribution in [0.5, 0.6) is 0 Å². The summed E-state index contributed by atoms with van der Waals surface area (Å²) < 4.78 is 80.9. The molecule has 0 bridgehead atoms. The number of carbonyl (C=O) groups is 1. The van der Waals surface area contributed by atoms with Crippen molar-refractivity contribution < 1.29 is 31.1 Å². The number of hydrogen-bond acceptors (Lipinski definition) is 3. The minimum atomic E-state index is -5.17. The minimum absolute atomic E-state index is 0.0191. The number of Topliss-reactive ketones (excluding diaryl/α,β-unsaturated/α-hetero) is 1. The number of nitrogens with zero attached hydrogens (tertiary/aromatic N) is 1. The maximum absolute atomic E-state index is 13.9. The van der Waals surface area contributed by atoms with Crippen LogP contribution >= 0.6 is 11.8 Å². The molecule has 0 aromatic heterocycles. The van der Waals surface area contributed by atoms with E-state index in [-0.39, 0.29) is 22.0 Å². The number of halogens is 6. The first-order valence-electron chi connectivity index (χ1n) is 8.63. The largest absolute Gasteiger partial charge is 0.454 e. The lowest BCUT2D eigenvalue weighted by molar-refractivity contribution is -0.130. The van der Waals surface area contributed by atoms with Crippen LogP contribution in [0.2, 0.25) is 0 Å². The molecule has 0 saturated carbocycles. The number of rotatable bonds is 1. The first kappa shape index (κ1) is 19.4. The van der Waals surface area contributed by atoms with Crippen LogP contribution in [0.1, 0.15) is 40.9 Å². The van der Waals surface area contributed by atoms with Gasteiger partial charge in [-0.15, -0.1) is 11.8 Å². The zero-order chi connectivity index (χ0) is 20.5. The predicted molar refractivity (Wildman–Crippen MR) is 95.7 cm³/mol. The average Bonchev–Trinajstić information content (AvgIpc) is 2.99. The molecule has 2 heterocycles. The van der Waals surface area contributed by atoms with Gasteiger partial charge in [0.1, 0.15) is 5.25 Å². The number of thioether (sulfide) groups is 1. The van der Waals surface area contributed by atoms with Crippen molar-refractivity contribution in [1.29, 1.82) is 0 Å². The fraction of sp³-hybridized carbons (Fsp3) is 0.421. The second kappa shape index (κ2) is 6.05. The molecule has 150 valence electrons. The number of hydrogen-bond donors (Lipinski definition) is 0. The smallest absolute Gasteiger partial charge is 0.356 e. The van der Waals surface area contributed by atoms with Crippen LogP contribution in [0.3, 0.4) is 0 Å². The van der Waals surface area contributed by atoms with Gasteiger partial charge in [0, 0.05) is 17.5 Å². The summed E-state index contributed by atoms with van der Waals surface area (Å²) in [4.78, 5) is 13.0. The van der Waals surface area contributed by atoms with Crippen molar-refractivity contribution in [3.05, 3.63) is 41.5 Å². The Hall–Kier alpha value is -1.90. The van der Waals surface area contributed by atoms with Gasteiger partial charge >= 0.3 is 12.4 Å². The lowest BCUT2D eigenvalue weighted by Crippen LogP contribution is -2.44. The van der Waals surface area contributed by atoms with Gasteiger partial charge in [-0.05, 0) is 36.8 Å². The molecule has 0 aliphatic carbocycles. The van der Waals surface area contributed by atoms with E-state index in [1.165, 1.54) is 18.2 Å². The maximum Gasteiger partial charge on any atom is 0.454 e. The molecule has 4 rings (SSSR count). The molecule has 28 heavy (non-hydrogen) atoms. The van der Waals surface area contributed by atoms with E-state index in [9.17, 15) is 31.1 Å². The summed E-state index contributed by atoms with van der Waals surface area (Å²) in [6.07, 6.45) is -8.60. The highest BCUT2D eigenvalue weighted by Crippen LogP contribution is 2.61. The van der Waals surface area contributed by atoms with E-state index in [0.717, 1.165) is 6.07 Å². The quantitative estimate of drug-likeness (QED) is 0.403. The van der Waals surface area contributed by atoms with Gasteiger partial charge in [-0.25, -0.2) is 0 Å². The van der Waals surface area contributed by atoms with Crippen LogP contribution in [0.15, 0.2) is 30.3 Å². The molecule has 0 spiro atoms. The number of ketones is 1. The first-order valence-corrected chi connectivity index (χ1v) is 9.51.